The number of carbonyl (C=O) groups is 1. The number of tetrazole rings is 1. The van der Waals surface area contributed by atoms with Crippen LogP contribution in [0.2, 0.25) is 0 Å². The Morgan fingerprint density at radius 1 is 1.41 bits per heavy atom. The zero-order valence-electron chi connectivity index (χ0n) is 9.04. The summed E-state index contributed by atoms with van der Waals surface area (Å²) < 4.78 is 1.52. The molecule has 2 rings (SSSR count). The second-order valence-corrected chi connectivity index (χ2v) is 4.06. The molecule has 1 amide bonds. The number of hydrogen-bond acceptors (Lipinski definition) is 4. The summed E-state index contributed by atoms with van der Waals surface area (Å²) in [7, 11) is 0. The van der Waals surface area contributed by atoms with Gasteiger partial charge >= 0.3 is 0 Å². The van der Waals surface area contributed by atoms with Gasteiger partial charge in [-0.25, -0.2) is 4.68 Å². The first-order valence-corrected chi connectivity index (χ1v) is 5.39. The zero-order chi connectivity index (χ0) is 12.3. The monoisotopic (exact) mass is 251 g/mol. The molecular weight excluding hydrogens is 242 g/mol. The maximum atomic E-state index is 11.3. The van der Waals surface area contributed by atoms with Crippen LogP contribution in [-0.2, 0) is 4.79 Å². The molecule has 0 radical (unpaired) electrons. The van der Waals surface area contributed by atoms with E-state index in [1.807, 2.05) is 0 Å². The average molecular weight is 252 g/mol. The molecule has 0 fully saturated rings. The number of hydrogen-bond donors (Lipinski definition) is 1. The van der Waals surface area contributed by atoms with Crippen molar-refractivity contribution in [2.45, 2.75) is 12.3 Å². The predicted octanol–water partition coefficient (Wildman–Crippen LogP) is 1.23. The van der Waals surface area contributed by atoms with Crippen molar-refractivity contribution < 1.29 is 4.79 Å². The minimum absolute atomic E-state index is 0.234. The van der Waals surface area contributed by atoms with Gasteiger partial charge in [-0.1, -0.05) is 0 Å². The molecule has 1 aromatic heterocycles. The van der Waals surface area contributed by atoms with Gasteiger partial charge < -0.3 is 5.32 Å². The van der Waals surface area contributed by atoms with Crippen LogP contribution >= 0.6 is 11.6 Å². The van der Waals surface area contributed by atoms with E-state index in [1.165, 1.54) is 11.0 Å². The van der Waals surface area contributed by atoms with Crippen molar-refractivity contribution in [1.82, 2.24) is 20.2 Å². The van der Waals surface area contributed by atoms with Crippen LogP contribution in [0.1, 0.15) is 6.92 Å². The van der Waals surface area contributed by atoms with E-state index < -0.39 is 5.38 Å². The maximum absolute atomic E-state index is 11.3. The van der Waals surface area contributed by atoms with E-state index in [1.54, 1.807) is 31.2 Å². The number of carbonyl (C=O) groups excluding carboxylic acids is 1. The molecule has 1 N–H and O–H groups in total. The molecule has 2 aromatic rings. The van der Waals surface area contributed by atoms with E-state index in [0.29, 0.717) is 5.69 Å². The molecule has 0 saturated carbocycles. The summed E-state index contributed by atoms with van der Waals surface area (Å²) in [6, 6.07) is 7.11. The van der Waals surface area contributed by atoms with Crippen LogP contribution in [0.3, 0.4) is 0 Å². The van der Waals surface area contributed by atoms with E-state index in [2.05, 4.69) is 20.8 Å². The molecular formula is C10H10ClN5O. The molecule has 6 nitrogen and oxygen atoms in total. The van der Waals surface area contributed by atoms with Crippen LogP contribution in [-0.4, -0.2) is 31.5 Å². The molecule has 0 saturated heterocycles. The molecule has 17 heavy (non-hydrogen) atoms. The summed E-state index contributed by atoms with van der Waals surface area (Å²) >= 11 is 5.65. The SMILES string of the molecule is CC(Cl)C(=O)Nc1ccc(-n2cnnn2)cc1. The summed E-state index contributed by atoms with van der Waals surface area (Å²) in [4.78, 5) is 11.3. The van der Waals surface area contributed by atoms with E-state index >= 15 is 0 Å². The number of anilines is 1. The number of halogens is 1. The standard InChI is InChI=1S/C10H10ClN5O/c1-7(11)10(17)13-8-2-4-9(5-3-8)16-6-12-14-15-16/h2-7H,1H3,(H,13,17). The Bertz CT molecular complexity index is 494. The third kappa shape index (κ3) is 2.79. The molecule has 0 bridgehead atoms. The Balaban J connectivity index is 2.11. The van der Waals surface area contributed by atoms with Crippen LogP contribution < -0.4 is 5.32 Å². The molecule has 1 atom stereocenters. The van der Waals surface area contributed by atoms with Crippen molar-refractivity contribution in [3.63, 3.8) is 0 Å². The number of benzene rings is 1. The highest BCUT2D eigenvalue weighted by Gasteiger charge is 2.08. The second-order valence-electron chi connectivity index (χ2n) is 3.41. The predicted molar refractivity (Wildman–Crippen MR) is 63.1 cm³/mol. The Morgan fingerprint density at radius 2 is 2.12 bits per heavy atom. The first-order chi connectivity index (χ1) is 8.16. The Kier molecular flexibility index (Phi) is 3.34. The molecule has 1 unspecified atom stereocenters. The largest absolute Gasteiger partial charge is 0.325 e. The number of amides is 1. The third-order valence-electron chi connectivity index (χ3n) is 2.11. The Labute approximate surface area is 103 Å². The lowest BCUT2D eigenvalue weighted by Gasteiger charge is -2.07. The third-order valence-corrected chi connectivity index (χ3v) is 2.31. The van der Waals surface area contributed by atoms with Crippen molar-refractivity contribution >= 4 is 23.2 Å². The highest BCUT2D eigenvalue weighted by Crippen LogP contribution is 2.12. The lowest BCUT2D eigenvalue weighted by atomic mass is 10.2. The van der Waals surface area contributed by atoms with Gasteiger partial charge in [0.05, 0.1) is 5.69 Å². The second kappa shape index (κ2) is 4.92. The smallest absolute Gasteiger partial charge is 0.242 e. The fourth-order valence-corrected chi connectivity index (χ4v) is 1.27. The summed E-state index contributed by atoms with van der Waals surface area (Å²) in [6.07, 6.45) is 1.49. The van der Waals surface area contributed by atoms with Crippen LogP contribution in [0.25, 0.3) is 5.69 Å². The summed E-state index contributed by atoms with van der Waals surface area (Å²) in [5.41, 5.74) is 1.49. The molecule has 7 heteroatoms. The van der Waals surface area contributed by atoms with Gasteiger partial charge in [0.2, 0.25) is 5.91 Å². The highest BCUT2D eigenvalue weighted by atomic mass is 35.5. The van der Waals surface area contributed by atoms with Crippen molar-refractivity contribution in [2.24, 2.45) is 0 Å². The maximum Gasteiger partial charge on any atom is 0.242 e. The molecule has 1 aromatic carbocycles. The lowest BCUT2D eigenvalue weighted by molar-refractivity contribution is -0.115. The summed E-state index contributed by atoms with van der Waals surface area (Å²) in [5, 5.41) is 12.9. The van der Waals surface area contributed by atoms with Crippen LogP contribution in [0.4, 0.5) is 5.69 Å². The fraction of sp³-hybridized carbons (Fsp3) is 0.200. The first kappa shape index (κ1) is 11.5. The van der Waals surface area contributed by atoms with Crippen LogP contribution in [0.5, 0.6) is 0 Å². The summed E-state index contributed by atoms with van der Waals surface area (Å²) in [6.45, 7) is 1.62. The van der Waals surface area contributed by atoms with Gasteiger partial charge in [0, 0.05) is 5.69 Å². The first-order valence-electron chi connectivity index (χ1n) is 4.95. The quantitative estimate of drug-likeness (QED) is 0.833. The minimum Gasteiger partial charge on any atom is -0.325 e. The van der Waals surface area contributed by atoms with Gasteiger partial charge in [0.15, 0.2) is 0 Å². The number of nitrogens with one attached hydrogen (secondary N) is 1. The average Bonchev–Trinajstić information content (AvgIpc) is 2.83. The van der Waals surface area contributed by atoms with Gasteiger partial charge in [0.1, 0.15) is 11.7 Å². The van der Waals surface area contributed by atoms with Crippen molar-refractivity contribution in [3.8, 4) is 5.69 Å². The van der Waals surface area contributed by atoms with Crippen LogP contribution in [0.15, 0.2) is 30.6 Å². The van der Waals surface area contributed by atoms with E-state index in [4.69, 9.17) is 11.6 Å². The van der Waals surface area contributed by atoms with Gasteiger partial charge in [-0.05, 0) is 41.6 Å². The van der Waals surface area contributed by atoms with Gasteiger partial charge in [-0.2, -0.15) is 0 Å². The number of alkyl halides is 1. The lowest BCUT2D eigenvalue weighted by Crippen LogP contribution is -2.20. The molecule has 0 aliphatic heterocycles. The molecule has 1 heterocycles. The molecule has 0 aliphatic carbocycles. The van der Waals surface area contributed by atoms with E-state index in [0.717, 1.165) is 5.69 Å². The van der Waals surface area contributed by atoms with Gasteiger partial charge in [-0.15, -0.1) is 16.7 Å². The molecule has 0 aliphatic rings. The fourth-order valence-electron chi connectivity index (χ4n) is 1.22. The topological polar surface area (TPSA) is 72.7 Å². The van der Waals surface area contributed by atoms with E-state index in [9.17, 15) is 4.79 Å². The van der Waals surface area contributed by atoms with Gasteiger partial charge in [-0.3, -0.25) is 4.79 Å². The Hall–Kier alpha value is -1.95. The van der Waals surface area contributed by atoms with Crippen molar-refractivity contribution in [1.29, 1.82) is 0 Å². The van der Waals surface area contributed by atoms with Crippen molar-refractivity contribution in [2.75, 3.05) is 5.32 Å². The number of aromatic nitrogens is 4. The molecule has 0 spiro atoms. The summed E-state index contributed by atoms with van der Waals surface area (Å²) in [5.74, 6) is -0.234. The number of rotatable bonds is 3. The normalized spacial score (nSPS) is 12.1. The van der Waals surface area contributed by atoms with Crippen molar-refractivity contribution in [3.05, 3.63) is 30.6 Å². The number of nitrogens with zero attached hydrogens (tertiary/aromatic N) is 4. The minimum atomic E-state index is -0.561. The van der Waals surface area contributed by atoms with Crippen LogP contribution in [0, 0.1) is 0 Å². The molecule has 88 valence electrons. The highest BCUT2D eigenvalue weighted by molar-refractivity contribution is 6.32. The van der Waals surface area contributed by atoms with Gasteiger partial charge in [0.25, 0.3) is 0 Å². The van der Waals surface area contributed by atoms with E-state index in [-0.39, 0.29) is 5.91 Å². The Morgan fingerprint density at radius 3 is 2.65 bits per heavy atom. The zero-order valence-corrected chi connectivity index (χ0v) is 9.80.